The van der Waals surface area contributed by atoms with Crippen LogP contribution in [0.3, 0.4) is 0 Å². The maximum absolute atomic E-state index is 6.56. The third kappa shape index (κ3) is 6.15. The van der Waals surface area contributed by atoms with Gasteiger partial charge in [0.25, 0.3) is 0 Å². The molecule has 0 spiro atoms. The normalized spacial score (nSPS) is 26.3. The molecule has 0 bridgehead atoms. The maximum Gasteiger partial charge on any atom is 0.186 e. The van der Waals surface area contributed by atoms with Crippen molar-refractivity contribution in [2.24, 2.45) is 0 Å². The minimum Gasteiger partial charge on any atom is -0.370 e. The Bertz CT molecular complexity index is 1320. The molecule has 40 heavy (non-hydrogen) atoms. The lowest BCUT2D eigenvalue weighted by Gasteiger charge is -2.48. The first-order valence-corrected chi connectivity index (χ1v) is 13.5. The minimum absolute atomic E-state index is 0.325. The first-order chi connectivity index (χ1) is 19.8. The number of nitrogens with zero attached hydrogens (tertiary/aromatic N) is 3. The summed E-state index contributed by atoms with van der Waals surface area (Å²) in [6.07, 6.45) is -0.642. The number of rotatable bonds is 10. The van der Waals surface area contributed by atoms with Gasteiger partial charge in [0.15, 0.2) is 12.6 Å². The Kier molecular flexibility index (Phi) is 8.58. The highest BCUT2D eigenvalue weighted by Gasteiger charge is 2.52. The van der Waals surface area contributed by atoms with Crippen LogP contribution in [0.1, 0.15) is 34.7 Å². The molecule has 2 aliphatic heterocycles. The molecule has 208 valence electrons. The average molecular weight is 544 g/mol. The molecule has 4 aromatic rings. The van der Waals surface area contributed by atoms with Gasteiger partial charge in [-0.1, -0.05) is 96.2 Å². The van der Waals surface area contributed by atoms with E-state index in [2.05, 4.69) is 10.3 Å². The fourth-order valence-corrected chi connectivity index (χ4v) is 5.15. The summed E-state index contributed by atoms with van der Waals surface area (Å²) < 4.78 is 38.9. The lowest BCUT2D eigenvalue weighted by atomic mass is 9.94. The van der Waals surface area contributed by atoms with Crippen LogP contribution >= 0.6 is 0 Å². The number of aromatic nitrogens is 3. The van der Waals surface area contributed by atoms with Gasteiger partial charge in [0.05, 0.1) is 32.6 Å². The fourth-order valence-electron chi connectivity index (χ4n) is 5.15. The second-order valence-corrected chi connectivity index (χ2v) is 9.88. The molecule has 2 saturated heterocycles. The molecule has 0 aliphatic carbocycles. The van der Waals surface area contributed by atoms with E-state index in [1.54, 1.807) is 11.8 Å². The van der Waals surface area contributed by atoms with Crippen LogP contribution in [0.25, 0.3) is 0 Å². The van der Waals surface area contributed by atoms with Crippen molar-refractivity contribution in [3.8, 4) is 0 Å². The van der Waals surface area contributed by atoms with Crippen LogP contribution in [-0.2, 0) is 48.2 Å². The van der Waals surface area contributed by atoms with Crippen LogP contribution in [0, 0.1) is 0 Å². The molecule has 0 unspecified atom stereocenters. The van der Waals surface area contributed by atoms with Crippen molar-refractivity contribution >= 4 is 0 Å². The van der Waals surface area contributed by atoms with Gasteiger partial charge in [0.2, 0.25) is 0 Å². The molecule has 0 radical (unpaired) electrons. The van der Waals surface area contributed by atoms with E-state index in [1.165, 1.54) is 0 Å². The van der Waals surface area contributed by atoms with E-state index in [1.807, 2.05) is 97.2 Å². The third-order valence-electron chi connectivity index (χ3n) is 7.12. The van der Waals surface area contributed by atoms with Crippen LogP contribution in [0.2, 0.25) is 0 Å². The van der Waals surface area contributed by atoms with Gasteiger partial charge in [0, 0.05) is 12.7 Å². The van der Waals surface area contributed by atoms with Gasteiger partial charge in [-0.05, 0) is 11.1 Å². The van der Waals surface area contributed by atoms with Gasteiger partial charge >= 0.3 is 0 Å². The van der Waals surface area contributed by atoms with Crippen LogP contribution in [-0.4, -0.2) is 53.3 Å². The van der Waals surface area contributed by atoms with E-state index in [9.17, 15) is 0 Å². The summed E-state index contributed by atoms with van der Waals surface area (Å²) in [6, 6.07) is 29.5. The van der Waals surface area contributed by atoms with E-state index in [-0.39, 0.29) is 6.10 Å². The minimum atomic E-state index is -0.655. The zero-order valence-corrected chi connectivity index (χ0v) is 22.3. The van der Waals surface area contributed by atoms with Crippen LogP contribution in [0.5, 0.6) is 0 Å². The van der Waals surface area contributed by atoms with Crippen molar-refractivity contribution in [2.75, 3.05) is 13.7 Å². The number of benzene rings is 3. The highest BCUT2D eigenvalue weighted by molar-refractivity contribution is 5.17. The lowest BCUT2D eigenvalue weighted by molar-refractivity contribution is -0.353. The van der Waals surface area contributed by atoms with Gasteiger partial charge < -0.3 is 28.4 Å². The Hall–Kier alpha value is -3.44. The standard InChI is InChI=1S/C31H33N3O6/c1-35-31-29(37-19-23-13-7-3-8-14-23)27(28-26(39-31)21-38-30(40-28)24-15-9-4-10-16-24)34-17-25(32-33-34)20-36-18-22-11-5-2-6-12-22/h2-17,26-31H,18-21H2,1H3/t26-,27-,28-,29+,30-,31+/m1/s1. The zero-order valence-electron chi connectivity index (χ0n) is 22.3. The van der Waals surface area contributed by atoms with Crippen molar-refractivity contribution in [1.82, 2.24) is 15.0 Å². The van der Waals surface area contributed by atoms with Gasteiger partial charge in [-0.15, -0.1) is 5.10 Å². The maximum atomic E-state index is 6.56. The average Bonchev–Trinajstić information content (AvgIpc) is 3.49. The van der Waals surface area contributed by atoms with E-state index in [4.69, 9.17) is 28.4 Å². The molecule has 2 fully saturated rings. The Labute approximate surface area is 233 Å². The summed E-state index contributed by atoms with van der Waals surface area (Å²) in [5.74, 6) is 0. The number of hydrogen-bond donors (Lipinski definition) is 0. The van der Waals surface area contributed by atoms with Gasteiger partial charge in [-0.2, -0.15) is 0 Å². The summed E-state index contributed by atoms with van der Waals surface area (Å²) in [4.78, 5) is 0. The Morgan fingerprint density at radius 3 is 2.20 bits per heavy atom. The summed E-state index contributed by atoms with van der Waals surface area (Å²) >= 11 is 0. The molecule has 3 aromatic carbocycles. The Morgan fingerprint density at radius 2 is 1.50 bits per heavy atom. The van der Waals surface area contributed by atoms with Gasteiger partial charge in [-0.3, -0.25) is 0 Å². The molecule has 6 rings (SSSR count). The Morgan fingerprint density at radius 1 is 0.825 bits per heavy atom. The molecule has 0 amide bonds. The second-order valence-electron chi connectivity index (χ2n) is 9.88. The van der Waals surface area contributed by atoms with Crippen molar-refractivity contribution in [1.29, 1.82) is 0 Å². The van der Waals surface area contributed by atoms with E-state index >= 15 is 0 Å². The molecule has 0 saturated carbocycles. The monoisotopic (exact) mass is 543 g/mol. The second kappa shape index (κ2) is 12.8. The van der Waals surface area contributed by atoms with E-state index in [0.29, 0.717) is 32.1 Å². The highest BCUT2D eigenvalue weighted by atomic mass is 16.8. The molecule has 9 heteroatoms. The SMILES string of the molecule is CO[C@H]1O[C@@H]2CO[C@@H](c3ccccc3)O[C@H]2[C@@H](n2cc(COCc3ccccc3)nn2)[C@@H]1OCc1ccccc1. The molecule has 2 aliphatic rings. The van der Waals surface area contributed by atoms with Crippen molar-refractivity contribution < 1.29 is 28.4 Å². The lowest BCUT2D eigenvalue weighted by Crippen LogP contribution is -2.60. The summed E-state index contributed by atoms with van der Waals surface area (Å²) in [6.45, 7) is 1.53. The zero-order chi connectivity index (χ0) is 27.1. The van der Waals surface area contributed by atoms with Crippen LogP contribution in [0.15, 0.2) is 97.2 Å². The summed E-state index contributed by atoms with van der Waals surface area (Å²) in [7, 11) is 1.61. The smallest absolute Gasteiger partial charge is 0.186 e. The topological polar surface area (TPSA) is 86.1 Å². The van der Waals surface area contributed by atoms with Crippen molar-refractivity contribution in [3.63, 3.8) is 0 Å². The predicted octanol–water partition coefficient (Wildman–Crippen LogP) is 4.61. The molecular formula is C31H33N3O6. The summed E-state index contributed by atoms with van der Waals surface area (Å²) in [5, 5.41) is 8.91. The van der Waals surface area contributed by atoms with E-state index in [0.717, 1.165) is 16.7 Å². The number of methoxy groups -OCH3 is 1. The van der Waals surface area contributed by atoms with Crippen molar-refractivity contribution in [2.45, 2.75) is 56.8 Å². The van der Waals surface area contributed by atoms with Crippen molar-refractivity contribution in [3.05, 3.63) is 120 Å². The molecule has 6 atom stereocenters. The predicted molar refractivity (Wildman–Crippen MR) is 145 cm³/mol. The Balaban J connectivity index is 1.25. The number of ether oxygens (including phenoxy) is 6. The van der Waals surface area contributed by atoms with Gasteiger partial charge in [-0.25, -0.2) is 4.68 Å². The number of fused-ring (bicyclic) bond motifs is 1. The number of hydrogen-bond acceptors (Lipinski definition) is 8. The van der Waals surface area contributed by atoms with Crippen LogP contribution in [0.4, 0.5) is 0 Å². The molecule has 3 heterocycles. The third-order valence-corrected chi connectivity index (χ3v) is 7.12. The van der Waals surface area contributed by atoms with Crippen LogP contribution < -0.4 is 0 Å². The van der Waals surface area contributed by atoms with E-state index < -0.39 is 30.8 Å². The quantitative estimate of drug-likeness (QED) is 0.287. The molecular weight excluding hydrogens is 510 g/mol. The highest BCUT2D eigenvalue weighted by Crippen LogP contribution is 2.40. The molecule has 1 aromatic heterocycles. The van der Waals surface area contributed by atoms with Gasteiger partial charge in [0.1, 0.15) is 30.0 Å². The first kappa shape index (κ1) is 26.8. The molecule has 0 N–H and O–H groups in total. The largest absolute Gasteiger partial charge is 0.370 e. The first-order valence-electron chi connectivity index (χ1n) is 13.5. The molecule has 9 nitrogen and oxygen atoms in total. The fraction of sp³-hybridized carbons (Fsp3) is 0.355. The summed E-state index contributed by atoms with van der Waals surface area (Å²) in [5.41, 5.74) is 3.79.